The number of hydrogen-bond donors (Lipinski definition) is 1. The predicted molar refractivity (Wildman–Crippen MR) is 42.2 cm³/mol. The number of hydrogen-bond acceptors (Lipinski definition) is 2. The van der Waals surface area contributed by atoms with Crippen molar-refractivity contribution >= 4 is 6.72 Å². The SMILES string of the molecule is C=NCCCNC(C)C. The van der Waals surface area contributed by atoms with Crippen LogP contribution in [0.2, 0.25) is 0 Å². The highest BCUT2D eigenvalue weighted by atomic mass is 14.9. The van der Waals surface area contributed by atoms with Gasteiger partial charge in [-0.05, 0) is 19.7 Å². The zero-order valence-corrected chi connectivity index (χ0v) is 6.35. The van der Waals surface area contributed by atoms with E-state index in [1.807, 2.05) is 0 Å². The highest BCUT2D eigenvalue weighted by Gasteiger charge is 1.88. The lowest BCUT2D eigenvalue weighted by atomic mass is 10.3. The van der Waals surface area contributed by atoms with Gasteiger partial charge in [0.25, 0.3) is 0 Å². The van der Waals surface area contributed by atoms with Crippen LogP contribution in [0, 0.1) is 0 Å². The van der Waals surface area contributed by atoms with Crippen molar-refractivity contribution in [3.8, 4) is 0 Å². The molecular formula is C7H16N2. The average molecular weight is 128 g/mol. The molecule has 0 bridgehead atoms. The van der Waals surface area contributed by atoms with Crippen LogP contribution in [0.4, 0.5) is 0 Å². The maximum absolute atomic E-state index is 3.74. The standard InChI is InChI=1S/C7H16N2/c1-7(2)9-6-4-5-8-3/h7,9H,3-6H2,1-2H3. The van der Waals surface area contributed by atoms with Gasteiger partial charge in [-0.25, -0.2) is 0 Å². The second kappa shape index (κ2) is 5.76. The molecule has 0 atom stereocenters. The summed E-state index contributed by atoms with van der Waals surface area (Å²) in [6, 6.07) is 0.592. The van der Waals surface area contributed by atoms with Crippen LogP contribution in [0.1, 0.15) is 20.3 Å². The topological polar surface area (TPSA) is 24.4 Å². The van der Waals surface area contributed by atoms with E-state index in [-0.39, 0.29) is 0 Å². The monoisotopic (exact) mass is 128 g/mol. The molecule has 0 unspecified atom stereocenters. The van der Waals surface area contributed by atoms with E-state index >= 15 is 0 Å². The Labute approximate surface area is 57.4 Å². The Hall–Kier alpha value is -0.370. The van der Waals surface area contributed by atoms with Crippen molar-refractivity contribution in [3.05, 3.63) is 0 Å². The summed E-state index contributed by atoms with van der Waals surface area (Å²) < 4.78 is 0. The summed E-state index contributed by atoms with van der Waals surface area (Å²) in [7, 11) is 0. The van der Waals surface area contributed by atoms with Crippen molar-refractivity contribution in [3.63, 3.8) is 0 Å². The summed E-state index contributed by atoms with van der Waals surface area (Å²) >= 11 is 0. The fraction of sp³-hybridized carbons (Fsp3) is 0.857. The third-order valence-corrected chi connectivity index (χ3v) is 1.05. The van der Waals surface area contributed by atoms with E-state index < -0.39 is 0 Å². The molecule has 0 aromatic rings. The molecule has 0 aromatic heterocycles. The van der Waals surface area contributed by atoms with Crippen LogP contribution in [0.25, 0.3) is 0 Å². The lowest BCUT2D eigenvalue weighted by molar-refractivity contribution is 0.575. The van der Waals surface area contributed by atoms with Crippen LogP contribution in [0.5, 0.6) is 0 Å². The Balaban J connectivity index is 2.82. The number of nitrogens with one attached hydrogen (secondary N) is 1. The first kappa shape index (κ1) is 8.63. The van der Waals surface area contributed by atoms with Gasteiger partial charge in [0.2, 0.25) is 0 Å². The van der Waals surface area contributed by atoms with Gasteiger partial charge in [0, 0.05) is 12.6 Å². The fourth-order valence-electron chi connectivity index (χ4n) is 0.582. The summed E-state index contributed by atoms with van der Waals surface area (Å²) in [5, 5.41) is 3.29. The second-order valence-electron chi connectivity index (χ2n) is 2.41. The smallest absolute Gasteiger partial charge is 0.0394 e. The van der Waals surface area contributed by atoms with Gasteiger partial charge in [-0.1, -0.05) is 13.8 Å². The molecule has 2 nitrogen and oxygen atoms in total. The summed E-state index contributed by atoms with van der Waals surface area (Å²) in [4.78, 5) is 3.74. The number of nitrogens with zero attached hydrogens (tertiary/aromatic N) is 1. The first-order valence-corrected chi connectivity index (χ1v) is 3.43. The maximum Gasteiger partial charge on any atom is 0.0394 e. The molecule has 0 saturated heterocycles. The molecule has 0 aliphatic heterocycles. The van der Waals surface area contributed by atoms with E-state index in [1.165, 1.54) is 0 Å². The van der Waals surface area contributed by atoms with Crippen molar-refractivity contribution in [1.82, 2.24) is 5.32 Å². The minimum absolute atomic E-state index is 0.592. The first-order chi connectivity index (χ1) is 4.27. The zero-order valence-electron chi connectivity index (χ0n) is 6.35. The van der Waals surface area contributed by atoms with Crippen molar-refractivity contribution in [2.45, 2.75) is 26.3 Å². The molecule has 0 heterocycles. The van der Waals surface area contributed by atoms with E-state index in [0.717, 1.165) is 19.5 Å². The van der Waals surface area contributed by atoms with Gasteiger partial charge in [-0.15, -0.1) is 0 Å². The lowest BCUT2D eigenvalue weighted by Crippen LogP contribution is -2.23. The van der Waals surface area contributed by atoms with Crippen LogP contribution in [-0.4, -0.2) is 25.8 Å². The molecular weight excluding hydrogens is 112 g/mol. The van der Waals surface area contributed by atoms with Crippen LogP contribution in [-0.2, 0) is 0 Å². The average Bonchev–Trinajstić information content (AvgIpc) is 1.80. The van der Waals surface area contributed by atoms with Crippen LogP contribution in [0.15, 0.2) is 4.99 Å². The Kier molecular flexibility index (Phi) is 5.52. The molecule has 0 fully saturated rings. The summed E-state index contributed by atoms with van der Waals surface area (Å²) in [6.45, 7) is 9.61. The Bertz CT molecular complexity index is 69.3. The normalized spacial score (nSPS) is 10.1. The molecule has 0 aliphatic rings. The van der Waals surface area contributed by atoms with Crippen LogP contribution < -0.4 is 5.32 Å². The Morgan fingerprint density at radius 2 is 2.22 bits per heavy atom. The van der Waals surface area contributed by atoms with Crippen LogP contribution in [0.3, 0.4) is 0 Å². The van der Waals surface area contributed by atoms with Gasteiger partial charge in [0.1, 0.15) is 0 Å². The van der Waals surface area contributed by atoms with Crippen molar-refractivity contribution in [1.29, 1.82) is 0 Å². The van der Waals surface area contributed by atoms with Gasteiger partial charge in [-0.2, -0.15) is 0 Å². The first-order valence-electron chi connectivity index (χ1n) is 3.43. The molecule has 0 aliphatic carbocycles. The quantitative estimate of drug-likeness (QED) is 0.435. The second-order valence-corrected chi connectivity index (χ2v) is 2.41. The lowest BCUT2D eigenvalue weighted by Gasteiger charge is -2.05. The number of rotatable bonds is 5. The largest absolute Gasteiger partial charge is 0.314 e. The van der Waals surface area contributed by atoms with Crippen molar-refractivity contribution in [2.24, 2.45) is 4.99 Å². The number of aliphatic imine (C=N–C) groups is 1. The Morgan fingerprint density at radius 1 is 1.56 bits per heavy atom. The van der Waals surface area contributed by atoms with Gasteiger partial charge >= 0.3 is 0 Å². The molecule has 0 radical (unpaired) electrons. The van der Waals surface area contributed by atoms with E-state index in [1.54, 1.807) is 0 Å². The van der Waals surface area contributed by atoms with Gasteiger partial charge < -0.3 is 10.3 Å². The van der Waals surface area contributed by atoms with Gasteiger partial charge in [0.05, 0.1) is 0 Å². The van der Waals surface area contributed by atoms with Crippen molar-refractivity contribution < 1.29 is 0 Å². The van der Waals surface area contributed by atoms with E-state index in [2.05, 4.69) is 30.9 Å². The molecule has 0 saturated carbocycles. The van der Waals surface area contributed by atoms with Crippen molar-refractivity contribution in [2.75, 3.05) is 13.1 Å². The van der Waals surface area contributed by atoms with Crippen LogP contribution >= 0.6 is 0 Å². The molecule has 1 N–H and O–H groups in total. The summed E-state index contributed by atoms with van der Waals surface area (Å²) in [6.07, 6.45) is 1.10. The molecule has 0 amide bonds. The Morgan fingerprint density at radius 3 is 2.67 bits per heavy atom. The fourth-order valence-corrected chi connectivity index (χ4v) is 0.582. The molecule has 0 spiro atoms. The predicted octanol–water partition coefficient (Wildman–Crippen LogP) is 1.08. The zero-order chi connectivity index (χ0) is 7.11. The minimum atomic E-state index is 0.592. The molecule has 0 aromatic carbocycles. The minimum Gasteiger partial charge on any atom is -0.314 e. The maximum atomic E-state index is 3.74. The van der Waals surface area contributed by atoms with E-state index in [9.17, 15) is 0 Å². The van der Waals surface area contributed by atoms with E-state index in [0.29, 0.717) is 6.04 Å². The van der Waals surface area contributed by atoms with Gasteiger partial charge in [-0.3, -0.25) is 0 Å². The molecule has 0 rings (SSSR count). The molecule has 54 valence electrons. The molecule has 9 heavy (non-hydrogen) atoms. The molecule has 2 heteroatoms. The third-order valence-electron chi connectivity index (χ3n) is 1.05. The summed E-state index contributed by atoms with van der Waals surface area (Å²) in [5.74, 6) is 0. The highest BCUT2D eigenvalue weighted by Crippen LogP contribution is 1.80. The highest BCUT2D eigenvalue weighted by molar-refractivity contribution is 5.22. The van der Waals surface area contributed by atoms with E-state index in [4.69, 9.17) is 0 Å². The van der Waals surface area contributed by atoms with Gasteiger partial charge in [0.15, 0.2) is 0 Å². The third kappa shape index (κ3) is 7.63. The summed E-state index contributed by atoms with van der Waals surface area (Å²) in [5.41, 5.74) is 0.